The van der Waals surface area contributed by atoms with Gasteiger partial charge in [-0.2, -0.15) is 0 Å². The molecule has 0 radical (unpaired) electrons. The van der Waals surface area contributed by atoms with Gasteiger partial charge in [-0.3, -0.25) is 9.59 Å². The molecule has 2 aromatic rings. The van der Waals surface area contributed by atoms with Crippen LogP contribution in [-0.4, -0.2) is 27.0 Å². The van der Waals surface area contributed by atoms with Gasteiger partial charge in [-0.05, 0) is 50.3 Å². The van der Waals surface area contributed by atoms with Crippen LogP contribution in [0.4, 0.5) is 5.69 Å². The molecule has 2 fully saturated rings. The number of amides is 1. The first-order valence-electron chi connectivity index (χ1n) is 9.13. The monoisotopic (exact) mass is 341 g/mol. The van der Waals surface area contributed by atoms with E-state index in [9.17, 15) is 14.7 Å². The normalized spacial score (nSPS) is 24.0. The van der Waals surface area contributed by atoms with Gasteiger partial charge < -0.3 is 15.4 Å². The fraction of sp³-hybridized carbons (Fsp3) is 0.526. The van der Waals surface area contributed by atoms with Crippen LogP contribution in [-0.2, 0) is 9.59 Å². The number of fused-ring (bicyclic) bond motifs is 1. The number of hydrogen-bond acceptors (Lipinski definition) is 3. The Kier molecular flexibility index (Phi) is 4.19. The van der Waals surface area contributed by atoms with Crippen molar-refractivity contribution >= 4 is 28.6 Å². The molecule has 2 saturated carbocycles. The number of rotatable bonds is 4. The predicted molar refractivity (Wildman–Crippen MR) is 94.4 cm³/mol. The standard InChI is InChI=1S/C19H23N3O3/c23-18(12-5-2-6-13(9-12)19(24)25)20-14-7-8-15-16(10-14)22-17(21-15)11-3-1-4-11/h7-8,10-13H,1-6,9H2,(H,20,23)(H,21,22)(H,24,25). The van der Waals surface area contributed by atoms with E-state index in [0.717, 1.165) is 35.4 Å². The Hall–Kier alpha value is -2.37. The maximum atomic E-state index is 12.5. The Morgan fingerprint density at radius 2 is 1.88 bits per heavy atom. The van der Waals surface area contributed by atoms with Gasteiger partial charge in [0.05, 0.1) is 17.0 Å². The zero-order valence-electron chi connectivity index (χ0n) is 14.1. The Morgan fingerprint density at radius 3 is 2.60 bits per heavy atom. The number of carbonyl (C=O) groups excluding carboxylic acids is 1. The molecule has 1 heterocycles. The number of nitrogens with zero attached hydrogens (tertiary/aromatic N) is 1. The summed E-state index contributed by atoms with van der Waals surface area (Å²) < 4.78 is 0. The van der Waals surface area contributed by atoms with E-state index in [1.54, 1.807) is 0 Å². The zero-order valence-corrected chi connectivity index (χ0v) is 14.1. The van der Waals surface area contributed by atoms with E-state index in [1.165, 1.54) is 19.3 Å². The highest BCUT2D eigenvalue weighted by Gasteiger charge is 2.31. The second-order valence-electron chi connectivity index (χ2n) is 7.37. The van der Waals surface area contributed by atoms with Crippen molar-refractivity contribution in [3.05, 3.63) is 24.0 Å². The van der Waals surface area contributed by atoms with Crippen molar-refractivity contribution in [2.24, 2.45) is 11.8 Å². The van der Waals surface area contributed by atoms with Crippen molar-refractivity contribution in [2.45, 2.75) is 50.9 Å². The molecular formula is C19H23N3O3. The van der Waals surface area contributed by atoms with E-state index < -0.39 is 11.9 Å². The van der Waals surface area contributed by atoms with Crippen LogP contribution in [0, 0.1) is 11.8 Å². The smallest absolute Gasteiger partial charge is 0.306 e. The average Bonchev–Trinajstić information content (AvgIpc) is 2.95. The summed E-state index contributed by atoms with van der Waals surface area (Å²) in [7, 11) is 0. The fourth-order valence-corrected chi connectivity index (χ4v) is 3.88. The zero-order chi connectivity index (χ0) is 17.4. The Morgan fingerprint density at radius 1 is 1.12 bits per heavy atom. The van der Waals surface area contributed by atoms with Crippen molar-refractivity contribution in [3.63, 3.8) is 0 Å². The van der Waals surface area contributed by atoms with Crippen molar-refractivity contribution in [2.75, 3.05) is 5.32 Å². The second-order valence-corrected chi connectivity index (χ2v) is 7.37. The average molecular weight is 341 g/mol. The summed E-state index contributed by atoms with van der Waals surface area (Å²) in [5, 5.41) is 12.1. The van der Waals surface area contributed by atoms with Gasteiger partial charge in [0.15, 0.2) is 0 Å². The largest absolute Gasteiger partial charge is 0.481 e. The number of carboxylic acids is 1. The molecule has 6 nitrogen and oxygen atoms in total. The SMILES string of the molecule is O=C(O)C1CCCC(C(=O)Nc2ccc3nc(C4CCC4)[nH]c3c2)C1. The van der Waals surface area contributed by atoms with E-state index in [0.29, 0.717) is 18.8 Å². The fourth-order valence-electron chi connectivity index (χ4n) is 3.88. The molecular weight excluding hydrogens is 318 g/mol. The van der Waals surface area contributed by atoms with E-state index in [2.05, 4.69) is 15.3 Å². The maximum absolute atomic E-state index is 12.5. The summed E-state index contributed by atoms with van der Waals surface area (Å²) in [6.45, 7) is 0. The molecule has 2 atom stereocenters. The summed E-state index contributed by atoms with van der Waals surface area (Å²) in [6, 6.07) is 5.70. The van der Waals surface area contributed by atoms with Crippen LogP contribution >= 0.6 is 0 Å². The van der Waals surface area contributed by atoms with E-state index in [-0.39, 0.29) is 11.8 Å². The molecule has 2 aliphatic rings. The molecule has 0 aliphatic heterocycles. The first kappa shape index (κ1) is 16.1. The lowest BCUT2D eigenvalue weighted by Gasteiger charge is -2.25. The third-order valence-corrected chi connectivity index (χ3v) is 5.65. The number of carbonyl (C=O) groups is 2. The third kappa shape index (κ3) is 3.25. The first-order valence-corrected chi connectivity index (χ1v) is 9.13. The Bertz CT molecular complexity index is 809. The molecule has 2 unspecified atom stereocenters. The summed E-state index contributed by atoms with van der Waals surface area (Å²) in [5.41, 5.74) is 2.59. The van der Waals surface area contributed by atoms with Gasteiger partial charge >= 0.3 is 5.97 Å². The van der Waals surface area contributed by atoms with Crippen molar-refractivity contribution in [1.82, 2.24) is 9.97 Å². The molecule has 1 aromatic heterocycles. The van der Waals surface area contributed by atoms with Crippen molar-refractivity contribution < 1.29 is 14.7 Å². The van der Waals surface area contributed by atoms with E-state index in [1.807, 2.05) is 18.2 Å². The van der Waals surface area contributed by atoms with E-state index in [4.69, 9.17) is 0 Å². The van der Waals surface area contributed by atoms with Crippen molar-refractivity contribution in [3.8, 4) is 0 Å². The third-order valence-electron chi connectivity index (χ3n) is 5.65. The van der Waals surface area contributed by atoms with Crippen LogP contribution < -0.4 is 5.32 Å². The quantitative estimate of drug-likeness (QED) is 0.791. The highest BCUT2D eigenvalue weighted by atomic mass is 16.4. The van der Waals surface area contributed by atoms with Gasteiger partial charge in [0.2, 0.25) is 5.91 Å². The molecule has 6 heteroatoms. The predicted octanol–water partition coefficient (Wildman–Crippen LogP) is 3.66. The lowest BCUT2D eigenvalue weighted by molar-refractivity contribution is -0.143. The van der Waals surface area contributed by atoms with Gasteiger partial charge in [0.1, 0.15) is 5.82 Å². The molecule has 0 bridgehead atoms. The first-order chi connectivity index (χ1) is 12.1. The highest BCUT2D eigenvalue weighted by Crippen LogP contribution is 2.36. The van der Waals surface area contributed by atoms with Gasteiger partial charge in [0.25, 0.3) is 0 Å². The van der Waals surface area contributed by atoms with Gasteiger partial charge in [0, 0.05) is 17.5 Å². The summed E-state index contributed by atoms with van der Waals surface area (Å²) in [4.78, 5) is 31.7. The molecule has 3 N–H and O–H groups in total. The summed E-state index contributed by atoms with van der Waals surface area (Å²) in [5.74, 6) is 0.0911. The van der Waals surface area contributed by atoms with E-state index >= 15 is 0 Å². The van der Waals surface area contributed by atoms with Crippen molar-refractivity contribution in [1.29, 1.82) is 0 Å². The second kappa shape index (κ2) is 6.50. The molecule has 132 valence electrons. The lowest BCUT2D eigenvalue weighted by Crippen LogP contribution is -2.30. The minimum atomic E-state index is -0.792. The number of aliphatic carboxylic acids is 1. The molecule has 1 amide bonds. The minimum absolute atomic E-state index is 0.0796. The number of aromatic nitrogens is 2. The topological polar surface area (TPSA) is 95.1 Å². The number of aromatic amines is 1. The van der Waals surface area contributed by atoms with Gasteiger partial charge in [-0.15, -0.1) is 0 Å². The maximum Gasteiger partial charge on any atom is 0.306 e. The van der Waals surface area contributed by atoms with Crippen LogP contribution in [0.2, 0.25) is 0 Å². The number of hydrogen-bond donors (Lipinski definition) is 3. The number of nitrogens with one attached hydrogen (secondary N) is 2. The number of H-pyrrole nitrogens is 1. The van der Waals surface area contributed by atoms with Crippen LogP contribution in [0.25, 0.3) is 11.0 Å². The summed E-state index contributed by atoms with van der Waals surface area (Å²) in [6.07, 6.45) is 6.29. The Balaban J connectivity index is 1.46. The molecule has 1 aromatic carbocycles. The lowest BCUT2D eigenvalue weighted by atomic mass is 9.81. The molecule has 0 saturated heterocycles. The molecule has 2 aliphatic carbocycles. The summed E-state index contributed by atoms with van der Waals surface area (Å²) >= 11 is 0. The van der Waals surface area contributed by atoms with Crippen LogP contribution in [0.1, 0.15) is 56.7 Å². The number of imidazole rings is 1. The number of anilines is 1. The Labute approximate surface area is 146 Å². The van der Waals surface area contributed by atoms with Gasteiger partial charge in [-0.1, -0.05) is 12.8 Å². The molecule has 0 spiro atoms. The molecule has 25 heavy (non-hydrogen) atoms. The highest BCUT2D eigenvalue weighted by molar-refractivity contribution is 5.94. The van der Waals surface area contributed by atoms with Crippen LogP contribution in [0.3, 0.4) is 0 Å². The van der Waals surface area contributed by atoms with Crippen LogP contribution in [0.15, 0.2) is 18.2 Å². The molecule has 4 rings (SSSR count). The minimum Gasteiger partial charge on any atom is -0.481 e. The number of carboxylic acid groups (broad SMARTS) is 1. The van der Waals surface area contributed by atoms with Gasteiger partial charge in [-0.25, -0.2) is 4.98 Å². The number of benzene rings is 1. The van der Waals surface area contributed by atoms with Crippen LogP contribution in [0.5, 0.6) is 0 Å².